The van der Waals surface area contributed by atoms with Crippen LogP contribution in [0.15, 0.2) is 0 Å². The Morgan fingerprint density at radius 1 is 1.46 bits per heavy atom. The predicted molar refractivity (Wildman–Crippen MR) is 51.5 cm³/mol. The van der Waals surface area contributed by atoms with E-state index in [0.29, 0.717) is 6.04 Å². The summed E-state index contributed by atoms with van der Waals surface area (Å²) in [5, 5.41) is 2.85. The van der Waals surface area contributed by atoms with Crippen molar-refractivity contribution in [3.8, 4) is 0 Å². The average Bonchev–Trinajstić information content (AvgIpc) is 2.52. The van der Waals surface area contributed by atoms with Gasteiger partial charge in [0.25, 0.3) is 0 Å². The molecule has 0 aliphatic heterocycles. The van der Waals surface area contributed by atoms with E-state index in [1.807, 2.05) is 0 Å². The van der Waals surface area contributed by atoms with E-state index < -0.39 is 0 Å². The van der Waals surface area contributed by atoms with Crippen LogP contribution >= 0.6 is 0 Å². The minimum Gasteiger partial charge on any atom is -0.453 e. The van der Waals surface area contributed by atoms with Gasteiger partial charge in [-0.05, 0) is 31.1 Å². The highest BCUT2D eigenvalue weighted by Gasteiger charge is 2.27. The molecule has 0 aromatic heterocycles. The number of nitrogens with one attached hydrogen (secondary N) is 1. The van der Waals surface area contributed by atoms with Crippen molar-refractivity contribution in [1.82, 2.24) is 5.32 Å². The number of hydrogen-bond acceptors (Lipinski definition) is 2. The maximum Gasteiger partial charge on any atom is 0.407 e. The SMILES string of the molecule is COC(=O)NC1CCC(C(C)C)C1. The summed E-state index contributed by atoms with van der Waals surface area (Å²) in [5.74, 6) is 1.49. The normalized spacial score (nSPS) is 27.7. The van der Waals surface area contributed by atoms with Crippen molar-refractivity contribution >= 4 is 6.09 Å². The molecule has 0 aromatic rings. The minimum atomic E-state index is -0.297. The number of hydrogen-bond donors (Lipinski definition) is 1. The smallest absolute Gasteiger partial charge is 0.407 e. The van der Waals surface area contributed by atoms with Crippen molar-refractivity contribution in [2.24, 2.45) is 11.8 Å². The molecule has 1 amide bonds. The topological polar surface area (TPSA) is 38.3 Å². The van der Waals surface area contributed by atoms with Gasteiger partial charge in [-0.25, -0.2) is 4.79 Å². The Bertz CT molecular complexity index is 180. The summed E-state index contributed by atoms with van der Waals surface area (Å²) in [4.78, 5) is 10.9. The zero-order valence-corrected chi connectivity index (χ0v) is 8.67. The van der Waals surface area contributed by atoms with Gasteiger partial charge >= 0.3 is 6.09 Å². The third-order valence-corrected chi connectivity index (χ3v) is 2.92. The van der Waals surface area contributed by atoms with Crippen molar-refractivity contribution < 1.29 is 9.53 Å². The van der Waals surface area contributed by atoms with Gasteiger partial charge in [0.1, 0.15) is 0 Å². The Morgan fingerprint density at radius 3 is 2.62 bits per heavy atom. The van der Waals surface area contributed by atoms with E-state index >= 15 is 0 Å². The lowest BCUT2D eigenvalue weighted by Crippen LogP contribution is -2.32. The first-order valence-corrected chi connectivity index (χ1v) is 4.98. The lowest BCUT2D eigenvalue weighted by molar-refractivity contribution is 0.166. The molecule has 76 valence electrons. The quantitative estimate of drug-likeness (QED) is 0.716. The monoisotopic (exact) mass is 185 g/mol. The summed E-state index contributed by atoms with van der Waals surface area (Å²) in [5.41, 5.74) is 0. The molecule has 2 atom stereocenters. The molecule has 3 heteroatoms. The molecule has 1 aliphatic rings. The number of ether oxygens (including phenoxy) is 1. The van der Waals surface area contributed by atoms with Crippen LogP contribution in [0, 0.1) is 11.8 Å². The van der Waals surface area contributed by atoms with Crippen LogP contribution in [-0.2, 0) is 4.74 Å². The summed E-state index contributed by atoms with van der Waals surface area (Å²) in [6.07, 6.45) is 3.13. The van der Waals surface area contributed by atoms with E-state index in [4.69, 9.17) is 0 Å². The van der Waals surface area contributed by atoms with Gasteiger partial charge in [-0.1, -0.05) is 13.8 Å². The highest BCUT2D eigenvalue weighted by atomic mass is 16.5. The summed E-state index contributed by atoms with van der Waals surface area (Å²) in [6.45, 7) is 4.48. The lowest BCUT2D eigenvalue weighted by Gasteiger charge is -2.14. The third-order valence-electron chi connectivity index (χ3n) is 2.92. The second-order valence-corrected chi connectivity index (χ2v) is 4.15. The van der Waals surface area contributed by atoms with Crippen LogP contribution in [0.1, 0.15) is 33.1 Å². The fraction of sp³-hybridized carbons (Fsp3) is 0.900. The van der Waals surface area contributed by atoms with Crippen molar-refractivity contribution in [2.45, 2.75) is 39.2 Å². The first kappa shape index (κ1) is 10.4. The average molecular weight is 185 g/mol. The molecule has 0 radical (unpaired) electrons. The van der Waals surface area contributed by atoms with Crippen LogP contribution in [0.4, 0.5) is 4.79 Å². The van der Waals surface area contributed by atoms with Crippen LogP contribution in [0.25, 0.3) is 0 Å². The Hall–Kier alpha value is -0.730. The number of rotatable bonds is 2. The van der Waals surface area contributed by atoms with Crippen LogP contribution < -0.4 is 5.32 Å². The van der Waals surface area contributed by atoms with E-state index in [1.54, 1.807) is 0 Å². The zero-order chi connectivity index (χ0) is 9.84. The summed E-state index contributed by atoms with van der Waals surface area (Å²) in [7, 11) is 1.41. The van der Waals surface area contributed by atoms with Crippen molar-refractivity contribution in [1.29, 1.82) is 0 Å². The largest absolute Gasteiger partial charge is 0.453 e. The van der Waals surface area contributed by atoms with E-state index in [9.17, 15) is 4.79 Å². The first-order valence-electron chi connectivity index (χ1n) is 4.98. The molecule has 1 fully saturated rings. The van der Waals surface area contributed by atoms with Crippen molar-refractivity contribution in [3.05, 3.63) is 0 Å². The molecule has 1 saturated carbocycles. The predicted octanol–water partition coefficient (Wildman–Crippen LogP) is 2.17. The Kier molecular flexibility index (Phi) is 3.58. The Labute approximate surface area is 79.8 Å². The van der Waals surface area contributed by atoms with E-state index in [2.05, 4.69) is 23.9 Å². The van der Waals surface area contributed by atoms with Gasteiger partial charge in [-0.3, -0.25) is 0 Å². The molecule has 1 N–H and O–H groups in total. The van der Waals surface area contributed by atoms with Crippen LogP contribution in [0.2, 0.25) is 0 Å². The number of methoxy groups -OCH3 is 1. The maximum atomic E-state index is 10.9. The van der Waals surface area contributed by atoms with Gasteiger partial charge in [0.05, 0.1) is 7.11 Å². The van der Waals surface area contributed by atoms with Crippen LogP contribution in [0.5, 0.6) is 0 Å². The van der Waals surface area contributed by atoms with Gasteiger partial charge in [-0.15, -0.1) is 0 Å². The molecule has 0 aromatic carbocycles. The molecule has 0 saturated heterocycles. The lowest BCUT2D eigenvalue weighted by atomic mass is 9.94. The van der Waals surface area contributed by atoms with Gasteiger partial charge < -0.3 is 10.1 Å². The molecule has 0 bridgehead atoms. The minimum absolute atomic E-state index is 0.297. The van der Waals surface area contributed by atoms with E-state index in [1.165, 1.54) is 13.5 Å². The Balaban J connectivity index is 2.29. The molecule has 3 nitrogen and oxygen atoms in total. The standard InChI is InChI=1S/C10H19NO2/c1-7(2)8-4-5-9(6-8)11-10(12)13-3/h7-9H,4-6H2,1-3H3,(H,11,12). The molecule has 1 rings (SSSR count). The molecule has 13 heavy (non-hydrogen) atoms. The number of alkyl carbamates (subject to hydrolysis) is 1. The van der Waals surface area contributed by atoms with Gasteiger partial charge in [0.2, 0.25) is 0 Å². The first-order chi connectivity index (χ1) is 6.13. The fourth-order valence-electron chi connectivity index (χ4n) is 1.98. The number of amides is 1. The van der Waals surface area contributed by atoms with Crippen molar-refractivity contribution in [3.63, 3.8) is 0 Å². The molecule has 1 aliphatic carbocycles. The fourth-order valence-corrected chi connectivity index (χ4v) is 1.98. The molecule has 0 heterocycles. The summed E-state index contributed by atoms with van der Waals surface area (Å²) in [6, 6.07) is 0.333. The summed E-state index contributed by atoms with van der Waals surface area (Å²) >= 11 is 0. The van der Waals surface area contributed by atoms with Gasteiger partial charge in [0.15, 0.2) is 0 Å². The third kappa shape index (κ3) is 2.90. The zero-order valence-electron chi connectivity index (χ0n) is 8.67. The van der Waals surface area contributed by atoms with Gasteiger partial charge in [-0.2, -0.15) is 0 Å². The van der Waals surface area contributed by atoms with Crippen molar-refractivity contribution in [2.75, 3.05) is 7.11 Å². The van der Waals surface area contributed by atoms with E-state index in [0.717, 1.165) is 24.7 Å². The second kappa shape index (κ2) is 4.49. The second-order valence-electron chi connectivity index (χ2n) is 4.15. The number of carbonyl (C=O) groups is 1. The van der Waals surface area contributed by atoms with Crippen LogP contribution in [-0.4, -0.2) is 19.2 Å². The summed E-state index contributed by atoms with van der Waals surface area (Å²) < 4.78 is 4.56. The molecule has 0 spiro atoms. The molecular formula is C10H19NO2. The van der Waals surface area contributed by atoms with E-state index in [-0.39, 0.29) is 6.09 Å². The Morgan fingerprint density at radius 2 is 2.15 bits per heavy atom. The van der Waals surface area contributed by atoms with Gasteiger partial charge in [0, 0.05) is 6.04 Å². The number of carbonyl (C=O) groups excluding carboxylic acids is 1. The van der Waals surface area contributed by atoms with Crippen LogP contribution in [0.3, 0.4) is 0 Å². The maximum absolute atomic E-state index is 10.9. The molecular weight excluding hydrogens is 166 g/mol. The highest BCUT2D eigenvalue weighted by Crippen LogP contribution is 2.31. The highest BCUT2D eigenvalue weighted by molar-refractivity contribution is 5.67. The molecule has 2 unspecified atom stereocenters.